The Morgan fingerprint density at radius 2 is 1.01 bits per heavy atom. The molecular weight excluding hydrogens is 917 g/mol. The zero-order valence-electron chi connectivity index (χ0n) is 44.2. The van der Waals surface area contributed by atoms with E-state index in [0.717, 1.165) is 62.7 Å². The largest absolute Gasteiger partial charge is 0.444 e. The number of rotatable bonds is 13. The highest BCUT2D eigenvalue weighted by Crippen LogP contribution is 2.32. The van der Waals surface area contributed by atoms with E-state index < -0.39 is 35.9 Å². The maximum atomic E-state index is 14.0. The normalized spacial score (nSPS) is 21.1. The van der Waals surface area contributed by atoms with E-state index in [1.165, 1.54) is 22.3 Å². The molecule has 73 heavy (non-hydrogen) atoms. The molecule has 2 fully saturated rings. The lowest BCUT2D eigenvalue weighted by Gasteiger charge is -2.43. The molecule has 2 aliphatic heterocycles. The maximum Gasteiger partial charge on any atom is 0.408 e. The van der Waals surface area contributed by atoms with E-state index in [4.69, 9.17) is 10.5 Å². The van der Waals surface area contributed by atoms with Crippen molar-refractivity contribution in [2.24, 2.45) is 17.6 Å². The van der Waals surface area contributed by atoms with Gasteiger partial charge in [-0.05, 0) is 105 Å². The minimum absolute atomic E-state index is 0.0114. The summed E-state index contributed by atoms with van der Waals surface area (Å²) in [4.78, 5) is 75.2. The number of amides is 5. The number of ether oxygens (including phenoxy) is 1. The maximum absolute atomic E-state index is 14.0. The molecule has 0 radical (unpaired) electrons. The molecule has 392 valence electrons. The third-order valence-corrected chi connectivity index (χ3v) is 14.6. The molecule has 0 saturated carbocycles. The lowest BCUT2D eigenvalue weighted by atomic mass is 9.87. The molecule has 2 saturated heterocycles. The fourth-order valence-corrected chi connectivity index (χ4v) is 10.6. The summed E-state index contributed by atoms with van der Waals surface area (Å²) in [5.41, 5.74) is 12.8. The van der Waals surface area contributed by atoms with E-state index in [0.29, 0.717) is 39.3 Å². The molecule has 2 heterocycles. The molecular formula is C59H80N8O6. The van der Waals surface area contributed by atoms with Crippen LogP contribution >= 0.6 is 0 Å². The summed E-state index contributed by atoms with van der Waals surface area (Å²) in [6.07, 6.45) is 5.26. The highest BCUT2D eigenvalue weighted by atomic mass is 16.6. The standard InChI is InChI=1S/C32H44N4O4.C27H36N4O2/c1-22(2)28(34-31(39)40-32(3,4)5)30(38)36-19-18-35(20-23-12-7-6-8-13-23)21-27(36)29(37)33-26-17-11-15-24-14-9-10-16-25(24)26;1-19(2)25(28)27(33)31-16-15-30(17-20-9-4-3-5-10-20)18-24(31)26(32)29-23-14-8-12-21-11-6-7-13-22(21)23/h6-10,12-14,16,22,26-28H,11,15,17-21H2,1-5H3,(H,33,37)(H,34,39);3-7,9-11,13,19,23-25H,8,12,14-18,28H2,1-2H3,(H,29,32)/t26-,27+,28+;23-,24+,25+/m11/s1. The van der Waals surface area contributed by atoms with Crippen molar-refractivity contribution in [2.75, 3.05) is 39.3 Å². The zero-order valence-corrected chi connectivity index (χ0v) is 44.2. The van der Waals surface area contributed by atoms with Gasteiger partial charge >= 0.3 is 6.09 Å². The Morgan fingerprint density at radius 3 is 1.44 bits per heavy atom. The highest BCUT2D eigenvalue weighted by Gasteiger charge is 2.42. The summed E-state index contributed by atoms with van der Waals surface area (Å²) >= 11 is 0. The summed E-state index contributed by atoms with van der Waals surface area (Å²) in [6.45, 7) is 17.7. The molecule has 4 aromatic carbocycles. The first kappa shape index (κ1) is 54.7. The van der Waals surface area contributed by atoms with E-state index >= 15 is 0 Å². The van der Waals surface area contributed by atoms with Crippen molar-refractivity contribution in [3.05, 3.63) is 143 Å². The Hall–Kier alpha value is -6.09. The highest BCUT2D eigenvalue weighted by molar-refractivity contribution is 5.92. The summed E-state index contributed by atoms with van der Waals surface area (Å²) in [7, 11) is 0. The van der Waals surface area contributed by atoms with Crippen molar-refractivity contribution in [2.45, 2.75) is 142 Å². The number of carbonyl (C=O) groups excluding carboxylic acids is 5. The van der Waals surface area contributed by atoms with Gasteiger partial charge in [-0.1, -0.05) is 137 Å². The molecule has 5 amide bonds. The minimum Gasteiger partial charge on any atom is -0.444 e. The quantitative estimate of drug-likeness (QED) is 0.107. The average molecular weight is 997 g/mol. The molecule has 14 nitrogen and oxygen atoms in total. The smallest absolute Gasteiger partial charge is 0.408 e. The fraction of sp³-hybridized carbons (Fsp3) is 0.508. The molecule has 6 atom stereocenters. The second-order valence-corrected chi connectivity index (χ2v) is 22.0. The number of carbonyl (C=O) groups is 5. The summed E-state index contributed by atoms with van der Waals surface area (Å²) < 4.78 is 5.44. The average Bonchev–Trinajstić information content (AvgIpc) is 3.37. The van der Waals surface area contributed by atoms with Crippen LogP contribution in [0.4, 0.5) is 4.79 Å². The number of nitrogens with one attached hydrogen (secondary N) is 3. The summed E-state index contributed by atoms with van der Waals surface area (Å²) in [5.74, 6) is -0.797. The first-order chi connectivity index (χ1) is 34.9. The minimum atomic E-state index is -0.804. The lowest BCUT2D eigenvalue weighted by molar-refractivity contribution is -0.147. The van der Waals surface area contributed by atoms with Crippen molar-refractivity contribution < 1.29 is 28.7 Å². The van der Waals surface area contributed by atoms with E-state index in [1.54, 1.807) is 30.6 Å². The molecule has 14 heteroatoms. The van der Waals surface area contributed by atoms with Crippen molar-refractivity contribution in [1.82, 2.24) is 35.6 Å². The first-order valence-corrected chi connectivity index (χ1v) is 26.6. The van der Waals surface area contributed by atoms with Crippen LogP contribution in [0.2, 0.25) is 0 Å². The molecule has 4 aromatic rings. The topological polar surface area (TPSA) is 170 Å². The number of nitrogens with two attached hydrogens (primary N) is 1. The van der Waals surface area contributed by atoms with Gasteiger partial charge in [0.15, 0.2) is 0 Å². The lowest BCUT2D eigenvalue weighted by Crippen LogP contribution is -2.64. The van der Waals surface area contributed by atoms with Crippen LogP contribution in [0.25, 0.3) is 0 Å². The number of hydrogen-bond acceptors (Lipinski definition) is 9. The third-order valence-electron chi connectivity index (χ3n) is 14.6. The molecule has 0 aromatic heterocycles. The van der Waals surface area contributed by atoms with Crippen LogP contribution < -0.4 is 21.7 Å². The van der Waals surface area contributed by atoms with Gasteiger partial charge in [-0.3, -0.25) is 29.0 Å². The molecule has 0 spiro atoms. The van der Waals surface area contributed by atoms with Crippen LogP contribution in [0, 0.1) is 11.8 Å². The molecule has 0 bridgehead atoms. The van der Waals surface area contributed by atoms with Crippen LogP contribution in [0.1, 0.15) is 120 Å². The van der Waals surface area contributed by atoms with Gasteiger partial charge in [0.05, 0.1) is 18.1 Å². The van der Waals surface area contributed by atoms with Crippen LogP contribution in [-0.4, -0.2) is 118 Å². The Bertz CT molecular complexity index is 2480. The van der Waals surface area contributed by atoms with E-state index in [-0.39, 0.29) is 47.5 Å². The molecule has 8 rings (SSSR count). The Kier molecular flexibility index (Phi) is 18.9. The predicted molar refractivity (Wildman–Crippen MR) is 286 cm³/mol. The van der Waals surface area contributed by atoms with Gasteiger partial charge in [-0.2, -0.15) is 0 Å². The van der Waals surface area contributed by atoms with Crippen molar-refractivity contribution in [1.29, 1.82) is 0 Å². The van der Waals surface area contributed by atoms with Crippen LogP contribution in [0.3, 0.4) is 0 Å². The molecule has 5 N–H and O–H groups in total. The van der Waals surface area contributed by atoms with Gasteiger partial charge in [0.2, 0.25) is 23.6 Å². The number of fused-ring (bicyclic) bond motifs is 2. The number of piperazine rings is 2. The first-order valence-electron chi connectivity index (χ1n) is 26.6. The summed E-state index contributed by atoms with van der Waals surface area (Å²) in [6, 6.07) is 34.3. The Labute approximate surface area is 433 Å². The van der Waals surface area contributed by atoms with Crippen molar-refractivity contribution >= 4 is 29.7 Å². The monoisotopic (exact) mass is 997 g/mol. The van der Waals surface area contributed by atoms with Gasteiger partial charge in [-0.25, -0.2) is 4.79 Å². The van der Waals surface area contributed by atoms with E-state index in [1.807, 2.05) is 82.3 Å². The van der Waals surface area contributed by atoms with Crippen molar-refractivity contribution in [3.63, 3.8) is 0 Å². The zero-order chi connectivity index (χ0) is 52.2. The van der Waals surface area contributed by atoms with Crippen molar-refractivity contribution in [3.8, 4) is 0 Å². The second-order valence-electron chi connectivity index (χ2n) is 22.0. The van der Waals surface area contributed by atoms with Crippen LogP contribution in [0.5, 0.6) is 0 Å². The van der Waals surface area contributed by atoms with Crippen LogP contribution in [-0.2, 0) is 49.8 Å². The molecule has 4 aliphatic rings. The van der Waals surface area contributed by atoms with Gasteiger partial charge in [0.1, 0.15) is 23.7 Å². The number of hydrogen-bond donors (Lipinski definition) is 4. The van der Waals surface area contributed by atoms with Crippen LogP contribution in [0.15, 0.2) is 109 Å². The number of benzene rings is 4. The number of nitrogens with zero attached hydrogens (tertiary/aromatic N) is 4. The van der Waals surface area contributed by atoms with Gasteiger partial charge in [-0.15, -0.1) is 0 Å². The van der Waals surface area contributed by atoms with Gasteiger partial charge in [0, 0.05) is 52.4 Å². The second kappa shape index (κ2) is 25.2. The van der Waals surface area contributed by atoms with E-state index in [9.17, 15) is 24.0 Å². The fourth-order valence-electron chi connectivity index (χ4n) is 10.6. The third kappa shape index (κ3) is 14.8. The summed E-state index contributed by atoms with van der Waals surface area (Å²) in [5, 5.41) is 9.34. The number of alkyl carbamates (subject to hydrolysis) is 1. The molecule has 0 unspecified atom stereocenters. The Morgan fingerprint density at radius 1 is 0.589 bits per heavy atom. The van der Waals surface area contributed by atoms with Gasteiger partial charge < -0.3 is 36.2 Å². The SMILES string of the molecule is CC(C)[C@H](N)C(=O)N1CCN(Cc2ccccc2)C[C@H]1C(=O)N[C@@H]1CCCc2ccccc21.CC(C)[C@H](NC(=O)OC(C)(C)C)C(=O)N1CCN(Cc2ccccc2)C[C@H]1C(=O)N[C@@H]1CCCc2ccccc21. The van der Waals surface area contributed by atoms with Gasteiger partial charge in [0.25, 0.3) is 0 Å². The predicted octanol–water partition coefficient (Wildman–Crippen LogP) is 7.32. The molecule has 2 aliphatic carbocycles. The van der Waals surface area contributed by atoms with E-state index in [2.05, 4.69) is 80.3 Å². The number of aryl methyl sites for hydroxylation is 2. The Balaban J connectivity index is 0.000000218.